The molecular formula is C8H12N2O4S. The van der Waals surface area contributed by atoms with Crippen LogP contribution in [0.15, 0.2) is 0 Å². The van der Waals surface area contributed by atoms with E-state index in [1.165, 1.54) is 0 Å². The molecule has 0 bridgehead atoms. The molecule has 3 N–H and O–H groups in total. The molecule has 6 nitrogen and oxygen atoms in total. The standard InChI is InChI=1S/C8H12N2O4S/c11-6(12)2-1-4-7(13)10-5(3-15)8(14)9-4/h4-5,15H,1-3H2,(H,9,14)(H,10,13)(H,11,12)/t4?,5-/m0/s1. The number of hydrogen-bond donors (Lipinski definition) is 4. The van der Waals surface area contributed by atoms with Gasteiger partial charge in [0.25, 0.3) is 0 Å². The summed E-state index contributed by atoms with van der Waals surface area (Å²) >= 11 is 3.91. The van der Waals surface area contributed by atoms with Crippen molar-refractivity contribution in [1.29, 1.82) is 0 Å². The first kappa shape index (κ1) is 11.8. The average molecular weight is 232 g/mol. The van der Waals surface area contributed by atoms with Crippen molar-refractivity contribution in [2.24, 2.45) is 0 Å². The predicted octanol–water partition coefficient (Wildman–Crippen LogP) is -1.24. The second-order valence-corrected chi connectivity index (χ2v) is 3.60. The Kier molecular flexibility index (Phi) is 3.96. The zero-order valence-corrected chi connectivity index (χ0v) is 8.79. The maximum atomic E-state index is 11.4. The Morgan fingerprint density at radius 3 is 2.33 bits per heavy atom. The molecule has 0 saturated carbocycles. The van der Waals surface area contributed by atoms with Crippen LogP contribution in [0.2, 0.25) is 0 Å². The largest absolute Gasteiger partial charge is 0.481 e. The van der Waals surface area contributed by atoms with Gasteiger partial charge in [-0.2, -0.15) is 12.6 Å². The topological polar surface area (TPSA) is 95.5 Å². The van der Waals surface area contributed by atoms with E-state index in [1.807, 2.05) is 0 Å². The van der Waals surface area contributed by atoms with E-state index >= 15 is 0 Å². The van der Waals surface area contributed by atoms with Gasteiger partial charge in [0.15, 0.2) is 0 Å². The van der Waals surface area contributed by atoms with Crippen molar-refractivity contribution >= 4 is 30.4 Å². The molecule has 1 aliphatic heterocycles. The van der Waals surface area contributed by atoms with Crippen LogP contribution in [-0.4, -0.2) is 40.7 Å². The minimum absolute atomic E-state index is 0.103. The zero-order chi connectivity index (χ0) is 11.4. The average Bonchev–Trinajstić information content (AvgIpc) is 2.18. The van der Waals surface area contributed by atoms with Crippen molar-refractivity contribution < 1.29 is 19.5 Å². The lowest BCUT2D eigenvalue weighted by molar-refractivity contribution is -0.139. The molecule has 84 valence electrons. The third-order valence-corrected chi connectivity index (χ3v) is 2.46. The van der Waals surface area contributed by atoms with Gasteiger partial charge in [0, 0.05) is 12.2 Å². The first-order chi connectivity index (χ1) is 7.04. The molecule has 1 heterocycles. The fraction of sp³-hybridized carbons (Fsp3) is 0.625. The molecule has 0 radical (unpaired) electrons. The summed E-state index contributed by atoms with van der Waals surface area (Å²) in [5.41, 5.74) is 0. The van der Waals surface area contributed by atoms with Gasteiger partial charge in [-0.15, -0.1) is 0 Å². The van der Waals surface area contributed by atoms with E-state index < -0.39 is 18.1 Å². The Labute approximate surface area is 91.8 Å². The van der Waals surface area contributed by atoms with Gasteiger partial charge in [0.2, 0.25) is 11.8 Å². The number of carbonyl (C=O) groups is 3. The summed E-state index contributed by atoms with van der Waals surface area (Å²) in [7, 11) is 0. The third-order valence-electron chi connectivity index (χ3n) is 2.10. The number of thiol groups is 1. The van der Waals surface area contributed by atoms with Crippen LogP contribution in [0.1, 0.15) is 12.8 Å². The molecule has 7 heteroatoms. The molecule has 0 aliphatic carbocycles. The number of aliphatic carboxylic acids is 1. The maximum absolute atomic E-state index is 11.4. The van der Waals surface area contributed by atoms with Gasteiger partial charge in [-0.1, -0.05) is 0 Å². The van der Waals surface area contributed by atoms with E-state index in [9.17, 15) is 14.4 Å². The highest BCUT2D eigenvalue weighted by atomic mass is 32.1. The summed E-state index contributed by atoms with van der Waals surface area (Å²) in [5, 5.41) is 13.4. The van der Waals surface area contributed by atoms with Gasteiger partial charge in [-0.05, 0) is 6.42 Å². The molecular weight excluding hydrogens is 220 g/mol. The van der Waals surface area contributed by atoms with E-state index in [0.29, 0.717) is 0 Å². The third kappa shape index (κ3) is 3.12. The number of piperazine rings is 1. The molecule has 0 aromatic heterocycles. The van der Waals surface area contributed by atoms with Crippen LogP contribution in [0.5, 0.6) is 0 Å². The predicted molar refractivity (Wildman–Crippen MR) is 54.6 cm³/mol. The Hall–Kier alpha value is -1.24. The Morgan fingerprint density at radius 2 is 1.80 bits per heavy atom. The summed E-state index contributed by atoms with van der Waals surface area (Å²) in [5.74, 6) is -1.44. The van der Waals surface area contributed by atoms with Crippen LogP contribution in [0.3, 0.4) is 0 Å². The van der Waals surface area contributed by atoms with Crippen LogP contribution in [0, 0.1) is 0 Å². The van der Waals surface area contributed by atoms with Crippen molar-refractivity contribution in [2.45, 2.75) is 24.9 Å². The van der Waals surface area contributed by atoms with Crippen molar-refractivity contribution in [3.63, 3.8) is 0 Å². The molecule has 1 fully saturated rings. The van der Waals surface area contributed by atoms with E-state index in [0.717, 1.165) is 0 Å². The van der Waals surface area contributed by atoms with Crippen molar-refractivity contribution in [1.82, 2.24) is 10.6 Å². The van der Waals surface area contributed by atoms with E-state index in [2.05, 4.69) is 23.3 Å². The molecule has 2 amide bonds. The van der Waals surface area contributed by atoms with Gasteiger partial charge < -0.3 is 15.7 Å². The van der Waals surface area contributed by atoms with E-state index in [1.54, 1.807) is 0 Å². The molecule has 0 aromatic rings. The highest BCUT2D eigenvalue weighted by molar-refractivity contribution is 7.80. The van der Waals surface area contributed by atoms with Gasteiger partial charge in [0.1, 0.15) is 12.1 Å². The summed E-state index contributed by atoms with van der Waals surface area (Å²) < 4.78 is 0. The Bertz CT molecular complexity index is 294. The lowest BCUT2D eigenvalue weighted by atomic mass is 10.1. The quantitative estimate of drug-likeness (QED) is 0.456. The van der Waals surface area contributed by atoms with Gasteiger partial charge >= 0.3 is 5.97 Å². The monoisotopic (exact) mass is 232 g/mol. The van der Waals surface area contributed by atoms with Crippen molar-refractivity contribution in [3.05, 3.63) is 0 Å². The van der Waals surface area contributed by atoms with E-state index in [-0.39, 0.29) is 30.4 Å². The molecule has 1 aliphatic rings. The molecule has 0 aromatic carbocycles. The van der Waals surface area contributed by atoms with Crippen molar-refractivity contribution in [3.8, 4) is 0 Å². The second kappa shape index (κ2) is 5.01. The first-order valence-electron chi connectivity index (χ1n) is 4.48. The Morgan fingerprint density at radius 1 is 1.27 bits per heavy atom. The second-order valence-electron chi connectivity index (χ2n) is 3.24. The zero-order valence-electron chi connectivity index (χ0n) is 7.90. The molecule has 1 unspecified atom stereocenters. The normalized spacial score (nSPS) is 25.7. The number of carboxylic acid groups (broad SMARTS) is 1. The Balaban J connectivity index is 2.51. The number of carbonyl (C=O) groups excluding carboxylic acids is 2. The highest BCUT2D eigenvalue weighted by Gasteiger charge is 2.32. The van der Waals surface area contributed by atoms with Gasteiger partial charge in [-0.3, -0.25) is 14.4 Å². The number of rotatable bonds is 4. The number of hydrogen-bond acceptors (Lipinski definition) is 4. The minimum Gasteiger partial charge on any atom is -0.481 e. The van der Waals surface area contributed by atoms with Crippen LogP contribution < -0.4 is 10.6 Å². The van der Waals surface area contributed by atoms with Gasteiger partial charge in [0.05, 0.1) is 0 Å². The molecule has 2 atom stereocenters. The number of amides is 2. The SMILES string of the molecule is O=C(O)CCC1NC(=O)[C@H](CS)NC1=O. The molecule has 15 heavy (non-hydrogen) atoms. The first-order valence-corrected chi connectivity index (χ1v) is 5.11. The molecule has 1 rings (SSSR count). The summed E-state index contributed by atoms with van der Waals surface area (Å²) in [6.45, 7) is 0. The molecule has 1 saturated heterocycles. The van der Waals surface area contributed by atoms with Crippen LogP contribution in [0.25, 0.3) is 0 Å². The summed E-state index contributed by atoms with van der Waals surface area (Å²) in [6, 6.07) is -1.37. The smallest absolute Gasteiger partial charge is 0.303 e. The fourth-order valence-corrected chi connectivity index (χ4v) is 1.53. The lowest BCUT2D eigenvalue weighted by Gasteiger charge is -2.28. The van der Waals surface area contributed by atoms with E-state index in [4.69, 9.17) is 5.11 Å². The van der Waals surface area contributed by atoms with Crippen LogP contribution >= 0.6 is 12.6 Å². The van der Waals surface area contributed by atoms with Crippen molar-refractivity contribution in [2.75, 3.05) is 5.75 Å². The summed E-state index contributed by atoms with van der Waals surface area (Å²) in [4.78, 5) is 33.0. The lowest BCUT2D eigenvalue weighted by Crippen LogP contribution is -2.62. The van der Waals surface area contributed by atoms with Gasteiger partial charge in [-0.25, -0.2) is 0 Å². The highest BCUT2D eigenvalue weighted by Crippen LogP contribution is 2.04. The maximum Gasteiger partial charge on any atom is 0.303 e. The minimum atomic E-state index is -0.992. The fourth-order valence-electron chi connectivity index (χ4n) is 1.28. The number of nitrogens with one attached hydrogen (secondary N) is 2. The van der Waals surface area contributed by atoms with Crippen LogP contribution in [-0.2, 0) is 14.4 Å². The van der Waals surface area contributed by atoms with Crippen LogP contribution in [0.4, 0.5) is 0 Å². The summed E-state index contributed by atoms with van der Waals surface area (Å²) in [6.07, 6.45) is -0.0455. The molecule has 0 spiro atoms. The number of carboxylic acids is 1.